The molecule has 0 aliphatic carbocycles. The molecule has 1 aliphatic heterocycles. The van der Waals surface area contributed by atoms with Gasteiger partial charge in [0.15, 0.2) is 6.29 Å². The van der Waals surface area contributed by atoms with E-state index in [4.69, 9.17) is 9.47 Å². The van der Waals surface area contributed by atoms with E-state index in [0.29, 0.717) is 12.3 Å². The Morgan fingerprint density at radius 2 is 1.68 bits per heavy atom. The first-order valence-electron chi connectivity index (χ1n) is 12.2. The zero-order chi connectivity index (χ0) is 22.4. The summed E-state index contributed by atoms with van der Waals surface area (Å²) in [7, 11) is 1.43. The molecule has 1 saturated heterocycles. The minimum Gasteiger partial charge on any atom is -0.469 e. The molecule has 31 heavy (non-hydrogen) atoms. The van der Waals surface area contributed by atoms with E-state index >= 15 is 0 Å². The molecule has 0 spiro atoms. The molecule has 0 aromatic heterocycles. The normalized spacial score (nSPS) is 18.6. The van der Waals surface area contributed by atoms with E-state index in [0.717, 1.165) is 58.2 Å². The molecular weight excluding hydrogens is 388 g/mol. The highest BCUT2D eigenvalue weighted by Gasteiger charge is 2.13. The highest BCUT2D eigenvalue weighted by Crippen LogP contribution is 2.14. The lowest BCUT2D eigenvalue weighted by Gasteiger charge is -2.22. The number of esters is 1. The van der Waals surface area contributed by atoms with Gasteiger partial charge >= 0.3 is 5.97 Å². The lowest BCUT2D eigenvalue weighted by atomic mass is 10.1. The quantitative estimate of drug-likeness (QED) is 0.140. The Balaban J connectivity index is 1.92. The molecule has 0 aromatic rings. The third-order valence-corrected chi connectivity index (χ3v) is 5.19. The molecule has 0 radical (unpaired) electrons. The molecule has 4 heteroatoms. The van der Waals surface area contributed by atoms with Crippen molar-refractivity contribution in [3.05, 3.63) is 48.6 Å². The van der Waals surface area contributed by atoms with E-state index in [9.17, 15) is 4.79 Å². The molecule has 0 bridgehead atoms. The molecule has 0 aromatic carbocycles. The second-order valence-corrected chi connectivity index (χ2v) is 8.11. The lowest BCUT2D eigenvalue weighted by Crippen LogP contribution is -2.22. The van der Waals surface area contributed by atoms with Crippen molar-refractivity contribution in [3.8, 4) is 0 Å². The van der Waals surface area contributed by atoms with Crippen LogP contribution in [0.25, 0.3) is 0 Å². The summed E-state index contributed by atoms with van der Waals surface area (Å²) in [6.45, 7) is 3.91. The fraction of sp³-hybridized carbons (Fsp3) is 0.667. The molecule has 2 unspecified atom stereocenters. The first kappa shape index (κ1) is 27.4. The summed E-state index contributed by atoms with van der Waals surface area (Å²) in [5.41, 5.74) is 0. The van der Waals surface area contributed by atoms with E-state index in [1.807, 2.05) is 0 Å². The molecule has 176 valence electrons. The van der Waals surface area contributed by atoms with Crippen molar-refractivity contribution in [2.75, 3.05) is 20.3 Å². The van der Waals surface area contributed by atoms with Gasteiger partial charge in [-0.05, 0) is 70.1 Å². The largest absolute Gasteiger partial charge is 0.469 e. The van der Waals surface area contributed by atoms with E-state index in [2.05, 4.69) is 60.3 Å². The van der Waals surface area contributed by atoms with Gasteiger partial charge in [0.05, 0.1) is 7.11 Å². The summed E-state index contributed by atoms with van der Waals surface area (Å²) in [6, 6.07) is 0. The Kier molecular flexibility index (Phi) is 17.9. The summed E-state index contributed by atoms with van der Waals surface area (Å²) < 4.78 is 16.0. The highest BCUT2D eigenvalue weighted by molar-refractivity contribution is 5.69. The van der Waals surface area contributed by atoms with Crippen molar-refractivity contribution >= 4 is 5.97 Å². The van der Waals surface area contributed by atoms with Gasteiger partial charge < -0.3 is 14.2 Å². The standard InChI is InChI=1S/C27H44O4/c1-25(19-13-9-6-4-3-5-7-11-15-21-26(28)29-2)20-14-10-8-12-17-23-30-27-22-16-18-24-31-27/h4-7,13-14,19-20,25,27H,3,8-12,15-18,21-24H2,1-2H3/b6-4-,7-5-,19-13-,20-14-. The zero-order valence-corrected chi connectivity index (χ0v) is 19.8. The molecule has 1 rings (SSSR count). The predicted molar refractivity (Wildman–Crippen MR) is 129 cm³/mol. The van der Waals surface area contributed by atoms with Crippen LogP contribution in [-0.4, -0.2) is 32.6 Å². The van der Waals surface area contributed by atoms with E-state index in [1.165, 1.54) is 32.8 Å². The van der Waals surface area contributed by atoms with E-state index in [-0.39, 0.29) is 12.3 Å². The maximum atomic E-state index is 11.0. The third kappa shape index (κ3) is 17.7. The van der Waals surface area contributed by atoms with Crippen molar-refractivity contribution in [3.63, 3.8) is 0 Å². The van der Waals surface area contributed by atoms with Crippen molar-refractivity contribution in [2.24, 2.45) is 5.92 Å². The molecule has 4 nitrogen and oxygen atoms in total. The molecule has 0 amide bonds. The fourth-order valence-electron chi connectivity index (χ4n) is 3.30. The SMILES string of the molecule is COC(=O)CCC/C=C\C/C=C\C/C=C\C(C)/C=C\CCCCCOC1CCCCO1. The first-order valence-corrected chi connectivity index (χ1v) is 12.2. The summed E-state index contributed by atoms with van der Waals surface area (Å²) in [4.78, 5) is 11.0. The molecular formula is C27H44O4. The molecule has 1 aliphatic rings. The average molecular weight is 433 g/mol. The molecule has 0 saturated carbocycles. The number of ether oxygens (including phenoxy) is 3. The molecule has 1 heterocycles. The second-order valence-electron chi connectivity index (χ2n) is 8.11. The number of rotatable bonds is 17. The zero-order valence-electron chi connectivity index (χ0n) is 19.8. The van der Waals surface area contributed by atoms with Gasteiger partial charge in [-0.1, -0.05) is 62.0 Å². The Morgan fingerprint density at radius 3 is 2.45 bits per heavy atom. The summed E-state index contributed by atoms with van der Waals surface area (Å²) in [5.74, 6) is 0.352. The van der Waals surface area contributed by atoms with Gasteiger partial charge in [-0.25, -0.2) is 0 Å². The maximum Gasteiger partial charge on any atom is 0.305 e. The smallest absolute Gasteiger partial charge is 0.305 e. The van der Waals surface area contributed by atoms with Gasteiger partial charge in [0, 0.05) is 19.6 Å². The minimum atomic E-state index is -0.129. The minimum absolute atomic E-state index is 0.0527. The number of hydrogen-bond donors (Lipinski definition) is 0. The fourth-order valence-corrected chi connectivity index (χ4v) is 3.30. The van der Waals surface area contributed by atoms with Gasteiger partial charge in [-0.2, -0.15) is 0 Å². The number of carbonyl (C=O) groups excluding carboxylic acids is 1. The van der Waals surface area contributed by atoms with Gasteiger partial charge in [-0.15, -0.1) is 0 Å². The third-order valence-electron chi connectivity index (χ3n) is 5.19. The summed E-state index contributed by atoms with van der Waals surface area (Å²) >= 11 is 0. The first-order chi connectivity index (χ1) is 15.2. The maximum absolute atomic E-state index is 11.0. The van der Waals surface area contributed by atoms with Crippen molar-refractivity contribution in [1.29, 1.82) is 0 Å². The van der Waals surface area contributed by atoms with Crippen LogP contribution in [0.2, 0.25) is 0 Å². The van der Waals surface area contributed by atoms with Crippen LogP contribution in [0.5, 0.6) is 0 Å². The Bertz CT molecular complexity index is 541. The second kappa shape index (κ2) is 20.3. The monoisotopic (exact) mass is 432 g/mol. The lowest BCUT2D eigenvalue weighted by molar-refractivity contribution is -0.162. The number of methoxy groups -OCH3 is 1. The van der Waals surface area contributed by atoms with Crippen LogP contribution in [0, 0.1) is 5.92 Å². The van der Waals surface area contributed by atoms with Crippen LogP contribution < -0.4 is 0 Å². The molecule has 0 N–H and O–H groups in total. The number of carbonyl (C=O) groups is 1. The van der Waals surface area contributed by atoms with E-state index < -0.39 is 0 Å². The van der Waals surface area contributed by atoms with Gasteiger partial charge in [0.1, 0.15) is 0 Å². The molecule has 1 fully saturated rings. The van der Waals surface area contributed by atoms with Crippen LogP contribution in [-0.2, 0) is 19.0 Å². The van der Waals surface area contributed by atoms with Crippen LogP contribution in [0.4, 0.5) is 0 Å². The van der Waals surface area contributed by atoms with Crippen LogP contribution in [0.15, 0.2) is 48.6 Å². The van der Waals surface area contributed by atoms with Gasteiger partial charge in [0.2, 0.25) is 0 Å². The molecule has 2 atom stereocenters. The number of hydrogen-bond acceptors (Lipinski definition) is 4. The topological polar surface area (TPSA) is 44.8 Å². The Morgan fingerprint density at radius 1 is 0.935 bits per heavy atom. The number of allylic oxidation sites excluding steroid dienone is 8. The number of unbranched alkanes of at least 4 members (excludes halogenated alkanes) is 4. The highest BCUT2D eigenvalue weighted by atomic mass is 16.7. The van der Waals surface area contributed by atoms with Gasteiger partial charge in [-0.3, -0.25) is 4.79 Å². The summed E-state index contributed by atoms with van der Waals surface area (Å²) in [6.07, 6.45) is 30.2. The Labute approximate surface area is 190 Å². The van der Waals surface area contributed by atoms with Crippen LogP contribution >= 0.6 is 0 Å². The summed E-state index contributed by atoms with van der Waals surface area (Å²) in [5, 5.41) is 0. The predicted octanol–water partition coefficient (Wildman–Crippen LogP) is 7.07. The van der Waals surface area contributed by atoms with Crippen molar-refractivity contribution in [1.82, 2.24) is 0 Å². The van der Waals surface area contributed by atoms with Crippen molar-refractivity contribution in [2.45, 2.75) is 90.3 Å². The van der Waals surface area contributed by atoms with Crippen LogP contribution in [0.1, 0.15) is 84.0 Å². The van der Waals surface area contributed by atoms with Gasteiger partial charge in [0.25, 0.3) is 0 Å². The van der Waals surface area contributed by atoms with Crippen LogP contribution in [0.3, 0.4) is 0 Å². The van der Waals surface area contributed by atoms with E-state index in [1.54, 1.807) is 0 Å². The average Bonchev–Trinajstić information content (AvgIpc) is 2.79. The Hall–Kier alpha value is -1.65. The van der Waals surface area contributed by atoms with Crippen molar-refractivity contribution < 1.29 is 19.0 Å².